The molecule has 1 saturated heterocycles. The molecule has 0 radical (unpaired) electrons. The molecular formula is C41H43F2N9O3. The minimum absolute atomic E-state index is 0.0298. The van der Waals surface area contributed by atoms with E-state index in [9.17, 15) is 14.0 Å². The standard InChI is InChI=1S/C41H43F2N9O3/c1-55-36-22-31(42)25-44-40(36)49-18-20-50(21-19-49)41(54)35-24-34-32(29-9-14-48(15-10-29)26-28-6-3-2-4-7-28)23-33(38(43)39(34)46-35)30-8-5-13-51(27-30)37(53)11-16-52-17-12-45-47-52/h2-4,6-9,12,17,22-25,46H,5,10-11,13-16,18-21,26-27H2,1H3. The Kier molecular flexibility index (Phi) is 10.4. The molecule has 14 heteroatoms. The van der Waals surface area contributed by atoms with Crippen molar-refractivity contribution in [3.05, 3.63) is 113 Å². The summed E-state index contributed by atoms with van der Waals surface area (Å²) in [5.74, 6) is -0.325. The Morgan fingerprint density at radius 3 is 2.51 bits per heavy atom. The Bertz CT molecular complexity index is 2250. The Morgan fingerprint density at radius 2 is 1.76 bits per heavy atom. The molecule has 0 atom stereocenters. The third-order valence-corrected chi connectivity index (χ3v) is 10.7. The number of amides is 2. The quantitative estimate of drug-likeness (QED) is 0.202. The molecule has 3 aliphatic rings. The highest BCUT2D eigenvalue weighted by atomic mass is 19.1. The second-order valence-corrected chi connectivity index (χ2v) is 14.2. The Labute approximate surface area is 317 Å². The van der Waals surface area contributed by atoms with Gasteiger partial charge in [0.25, 0.3) is 5.91 Å². The summed E-state index contributed by atoms with van der Waals surface area (Å²) in [6.45, 7) is 5.40. The van der Waals surface area contributed by atoms with E-state index in [-0.39, 0.29) is 30.3 Å². The third kappa shape index (κ3) is 7.72. The van der Waals surface area contributed by atoms with Gasteiger partial charge in [-0.3, -0.25) is 19.2 Å². The van der Waals surface area contributed by atoms with Crippen molar-refractivity contribution in [3.8, 4) is 5.75 Å². The van der Waals surface area contributed by atoms with Gasteiger partial charge in [-0.1, -0.05) is 47.7 Å². The van der Waals surface area contributed by atoms with E-state index < -0.39 is 11.6 Å². The second kappa shape index (κ2) is 15.8. The number of hydrogen-bond donors (Lipinski definition) is 1. The molecule has 0 unspecified atom stereocenters. The second-order valence-electron chi connectivity index (χ2n) is 14.2. The lowest BCUT2D eigenvalue weighted by molar-refractivity contribution is -0.131. The minimum atomic E-state index is -0.485. The molecule has 0 aliphatic carbocycles. The summed E-state index contributed by atoms with van der Waals surface area (Å²) in [4.78, 5) is 42.6. The van der Waals surface area contributed by atoms with Crippen LogP contribution < -0.4 is 9.64 Å². The van der Waals surface area contributed by atoms with Crippen molar-refractivity contribution in [3.63, 3.8) is 0 Å². The highest BCUT2D eigenvalue weighted by molar-refractivity contribution is 6.03. The van der Waals surface area contributed by atoms with Crippen molar-refractivity contribution >= 4 is 39.7 Å². The van der Waals surface area contributed by atoms with Gasteiger partial charge < -0.3 is 24.4 Å². The average Bonchev–Trinajstić information content (AvgIpc) is 3.92. The molecule has 8 rings (SSSR count). The summed E-state index contributed by atoms with van der Waals surface area (Å²) in [5.41, 5.74) is 4.99. The van der Waals surface area contributed by atoms with Gasteiger partial charge in [-0.2, -0.15) is 0 Å². The van der Waals surface area contributed by atoms with Crippen LogP contribution in [0.5, 0.6) is 5.75 Å². The molecule has 12 nitrogen and oxygen atoms in total. The van der Waals surface area contributed by atoms with E-state index in [1.165, 1.54) is 18.7 Å². The number of hydrogen-bond acceptors (Lipinski definition) is 8. The summed E-state index contributed by atoms with van der Waals surface area (Å²) < 4.78 is 37.6. The van der Waals surface area contributed by atoms with Crippen LogP contribution in [0.25, 0.3) is 22.0 Å². The van der Waals surface area contributed by atoms with Crippen LogP contribution in [0.4, 0.5) is 14.6 Å². The van der Waals surface area contributed by atoms with E-state index in [0.29, 0.717) is 73.9 Å². The molecule has 3 aromatic heterocycles. The number of anilines is 1. The van der Waals surface area contributed by atoms with Crippen LogP contribution in [0.2, 0.25) is 0 Å². The third-order valence-electron chi connectivity index (χ3n) is 10.7. The van der Waals surface area contributed by atoms with Crippen molar-refractivity contribution in [2.45, 2.75) is 32.4 Å². The maximum absolute atomic E-state index is 16.8. The number of nitrogens with zero attached hydrogens (tertiary/aromatic N) is 8. The molecule has 2 amide bonds. The topological polar surface area (TPSA) is 116 Å². The summed E-state index contributed by atoms with van der Waals surface area (Å²) in [6.07, 6.45) is 10.3. The summed E-state index contributed by atoms with van der Waals surface area (Å²) in [6, 6.07) is 15.4. The predicted octanol–water partition coefficient (Wildman–Crippen LogP) is 5.40. The zero-order valence-electron chi connectivity index (χ0n) is 30.8. The number of carbonyl (C=O) groups excluding carboxylic acids is 2. The highest BCUT2D eigenvalue weighted by Crippen LogP contribution is 2.37. The van der Waals surface area contributed by atoms with Crippen molar-refractivity contribution < 1.29 is 23.1 Å². The lowest BCUT2D eigenvalue weighted by Crippen LogP contribution is -2.49. The number of aromatic nitrogens is 5. The monoisotopic (exact) mass is 747 g/mol. The number of carbonyl (C=O) groups is 2. The zero-order chi connectivity index (χ0) is 37.9. The van der Waals surface area contributed by atoms with Crippen molar-refractivity contribution in [2.75, 3.05) is 64.4 Å². The van der Waals surface area contributed by atoms with Crippen molar-refractivity contribution in [1.29, 1.82) is 0 Å². The van der Waals surface area contributed by atoms with Gasteiger partial charge in [-0.05, 0) is 47.2 Å². The largest absolute Gasteiger partial charge is 0.493 e. The van der Waals surface area contributed by atoms with Crippen LogP contribution in [0, 0.1) is 11.6 Å². The number of methoxy groups -OCH3 is 1. The van der Waals surface area contributed by atoms with E-state index in [2.05, 4.69) is 43.4 Å². The minimum Gasteiger partial charge on any atom is -0.493 e. The van der Waals surface area contributed by atoms with Crippen LogP contribution >= 0.6 is 0 Å². The molecule has 2 aromatic carbocycles. The number of nitrogens with one attached hydrogen (secondary N) is 1. The maximum Gasteiger partial charge on any atom is 0.270 e. The molecule has 1 fully saturated rings. The molecule has 0 saturated carbocycles. The SMILES string of the molecule is COc1cc(F)cnc1N1CCN(C(=O)c2cc3c(C4=CCN(Cc5ccccc5)CC4)cc(C4=CCCN(C(=O)CCn5ccnn5)C4)c(F)c3[nH]2)CC1. The number of fused-ring (bicyclic) bond motifs is 1. The van der Waals surface area contributed by atoms with E-state index in [4.69, 9.17) is 4.74 Å². The Hall–Kier alpha value is -5.89. The Morgan fingerprint density at radius 1 is 0.927 bits per heavy atom. The molecule has 3 aliphatic heterocycles. The first-order valence-corrected chi connectivity index (χ1v) is 18.7. The van der Waals surface area contributed by atoms with Crippen LogP contribution in [0.1, 0.15) is 46.4 Å². The van der Waals surface area contributed by atoms with Crippen molar-refractivity contribution in [2.24, 2.45) is 0 Å². The Balaban J connectivity index is 1.07. The fraction of sp³-hybridized carbons (Fsp3) is 0.341. The van der Waals surface area contributed by atoms with Gasteiger partial charge in [0.15, 0.2) is 17.4 Å². The molecule has 284 valence electrons. The van der Waals surface area contributed by atoms with Crippen molar-refractivity contribution in [1.82, 2.24) is 39.7 Å². The fourth-order valence-electron chi connectivity index (χ4n) is 7.78. The summed E-state index contributed by atoms with van der Waals surface area (Å²) >= 11 is 0. The molecule has 0 spiro atoms. The van der Waals surface area contributed by atoms with Gasteiger partial charge in [0.05, 0.1) is 31.6 Å². The first kappa shape index (κ1) is 36.1. The number of rotatable bonds is 10. The smallest absolute Gasteiger partial charge is 0.270 e. The fourth-order valence-corrected chi connectivity index (χ4v) is 7.78. The van der Waals surface area contributed by atoms with Crippen LogP contribution in [-0.4, -0.2) is 111 Å². The highest BCUT2D eigenvalue weighted by Gasteiger charge is 2.29. The van der Waals surface area contributed by atoms with Crippen LogP contribution in [0.15, 0.2) is 79.3 Å². The van der Waals surface area contributed by atoms with Gasteiger partial charge in [-0.15, -0.1) is 5.10 Å². The van der Waals surface area contributed by atoms with Gasteiger partial charge >= 0.3 is 0 Å². The number of aryl methyl sites for hydroxylation is 1. The van der Waals surface area contributed by atoms with Gasteiger partial charge in [0.1, 0.15) is 11.5 Å². The molecule has 0 bridgehead atoms. The van der Waals surface area contributed by atoms with Crippen LogP contribution in [0.3, 0.4) is 0 Å². The molecular weight excluding hydrogens is 705 g/mol. The average molecular weight is 748 g/mol. The van der Waals surface area contributed by atoms with Gasteiger partial charge in [-0.25, -0.2) is 13.8 Å². The predicted molar refractivity (Wildman–Crippen MR) is 205 cm³/mol. The maximum atomic E-state index is 16.8. The number of pyridine rings is 1. The number of benzene rings is 2. The van der Waals surface area contributed by atoms with Gasteiger partial charge in [0, 0.05) is 88.5 Å². The normalized spacial score (nSPS) is 16.7. The molecule has 6 heterocycles. The number of H-pyrrole nitrogens is 1. The number of aromatic amines is 1. The van der Waals surface area contributed by atoms with Crippen LogP contribution in [-0.2, 0) is 17.9 Å². The molecule has 55 heavy (non-hydrogen) atoms. The first-order valence-electron chi connectivity index (χ1n) is 18.7. The number of piperazine rings is 1. The first-order chi connectivity index (χ1) is 26.8. The van der Waals surface area contributed by atoms with E-state index in [1.54, 1.807) is 32.9 Å². The lowest BCUT2D eigenvalue weighted by Gasteiger charge is -2.35. The number of ether oxygens (including phenoxy) is 1. The summed E-state index contributed by atoms with van der Waals surface area (Å²) in [5, 5.41) is 8.43. The summed E-state index contributed by atoms with van der Waals surface area (Å²) in [7, 11) is 1.47. The molecule has 5 aromatic rings. The van der Waals surface area contributed by atoms with Gasteiger partial charge in [0.2, 0.25) is 5.91 Å². The lowest BCUT2D eigenvalue weighted by atomic mass is 9.90. The molecule has 1 N–H and O–H groups in total. The number of halogens is 2. The van der Waals surface area contributed by atoms with E-state index in [1.807, 2.05) is 35.2 Å². The zero-order valence-corrected chi connectivity index (χ0v) is 30.8. The van der Waals surface area contributed by atoms with E-state index >= 15 is 4.39 Å². The van der Waals surface area contributed by atoms with E-state index in [0.717, 1.165) is 49.0 Å².